The number of ether oxygens (including phenoxy) is 1. The van der Waals surface area contributed by atoms with E-state index in [1.54, 1.807) is 4.90 Å². The molecule has 0 spiro atoms. The molecule has 0 atom stereocenters. The highest BCUT2D eigenvalue weighted by molar-refractivity contribution is 9.10. The van der Waals surface area contributed by atoms with Crippen LogP contribution in [0, 0.1) is 0 Å². The molecule has 0 aliphatic carbocycles. The van der Waals surface area contributed by atoms with Gasteiger partial charge in [0.2, 0.25) is 0 Å². The molecule has 0 saturated carbocycles. The molecule has 0 unspecified atom stereocenters. The number of amides is 1. The minimum atomic E-state index is -0.119. The smallest absolute Gasteiger partial charge is 0.263 e. The predicted octanol–water partition coefficient (Wildman–Crippen LogP) is 6.84. The summed E-state index contributed by atoms with van der Waals surface area (Å²) in [7, 11) is 0. The maximum Gasteiger partial charge on any atom is 0.263 e. The minimum absolute atomic E-state index is 0.119. The van der Waals surface area contributed by atoms with Gasteiger partial charge in [0.25, 0.3) is 5.91 Å². The number of carbonyl (C=O) groups is 1. The first-order valence-corrected chi connectivity index (χ1v) is 12.6. The summed E-state index contributed by atoms with van der Waals surface area (Å²) in [6.07, 6.45) is 0. The average molecular weight is 524 g/mol. The number of thiazole rings is 1. The number of para-hydroxylation sites is 2. The molecule has 0 bridgehead atoms. The molecule has 0 aliphatic rings. The topological polar surface area (TPSA) is 45.7 Å². The lowest BCUT2D eigenvalue weighted by molar-refractivity contribution is 0.0981. The molecule has 0 radical (unpaired) electrons. The Bertz CT molecular complexity index is 1220. The van der Waals surface area contributed by atoms with E-state index in [0.29, 0.717) is 28.7 Å². The molecule has 0 fully saturated rings. The molecule has 7 heteroatoms. The summed E-state index contributed by atoms with van der Waals surface area (Å²) in [6.45, 7) is 7.43. The van der Waals surface area contributed by atoms with E-state index in [-0.39, 0.29) is 5.91 Å². The summed E-state index contributed by atoms with van der Waals surface area (Å²) in [4.78, 5) is 22.7. The van der Waals surface area contributed by atoms with Crippen LogP contribution in [0.25, 0.3) is 10.2 Å². The Morgan fingerprint density at radius 3 is 2.45 bits per heavy atom. The summed E-state index contributed by atoms with van der Waals surface area (Å²) in [6, 6.07) is 22.9. The molecule has 33 heavy (non-hydrogen) atoms. The van der Waals surface area contributed by atoms with Crippen LogP contribution in [-0.2, 0) is 0 Å². The van der Waals surface area contributed by atoms with Gasteiger partial charge in [-0.3, -0.25) is 9.69 Å². The van der Waals surface area contributed by atoms with Crippen molar-refractivity contribution in [3.63, 3.8) is 0 Å². The Labute approximate surface area is 206 Å². The van der Waals surface area contributed by atoms with E-state index in [9.17, 15) is 4.79 Å². The number of likely N-dealkylation sites (N-methyl/N-ethyl adjacent to an activating group) is 1. The van der Waals surface area contributed by atoms with Crippen LogP contribution in [0.5, 0.6) is 11.5 Å². The van der Waals surface area contributed by atoms with Crippen LogP contribution >= 0.6 is 27.3 Å². The molecule has 4 aromatic rings. The first-order chi connectivity index (χ1) is 16.1. The lowest BCUT2D eigenvalue weighted by Crippen LogP contribution is -2.39. The predicted molar refractivity (Wildman–Crippen MR) is 140 cm³/mol. The highest BCUT2D eigenvalue weighted by Gasteiger charge is 2.24. The monoisotopic (exact) mass is 523 g/mol. The van der Waals surface area contributed by atoms with Crippen molar-refractivity contribution in [2.75, 3.05) is 31.1 Å². The first-order valence-electron chi connectivity index (χ1n) is 11.0. The molecule has 1 aromatic heterocycles. The number of aromatic nitrogens is 1. The van der Waals surface area contributed by atoms with Gasteiger partial charge in [0, 0.05) is 17.6 Å². The van der Waals surface area contributed by atoms with E-state index in [1.165, 1.54) is 11.3 Å². The third-order valence-electron chi connectivity index (χ3n) is 5.44. The van der Waals surface area contributed by atoms with Crippen molar-refractivity contribution in [1.29, 1.82) is 0 Å². The van der Waals surface area contributed by atoms with Crippen LogP contribution in [0.1, 0.15) is 24.2 Å². The summed E-state index contributed by atoms with van der Waals surface area (Å²) in [5.41, 5.74) is 1.40. The minimum Gasteiger partial charge on any atom is -0.457 e. The fraction of sp³-hybridized carbons (Fsp3) is 0.231. The molecule has 3 aromatic carbocycles. The van der Waals surface area contributed by atoms with Gasteiger partial charge in [0.1, 0.15) is 11.5 Å². The van der Waals surface area contributed by atoms with Crippen molar-refractivity contribution >= 4 is 48.5 Å². The van der Waals surface area contributed by atoms with Gasteiger partial charge in [-0.05, 0) is 55.6 Å². The fourth-order valence-corrected chi connectivity index (χ4v) is 5.10. The Hall–Kier alpha value is -2.74. The number of rotatable bonds is 9. The second-order valence-electron chi connectivity index (χ2n) is 7.50. The molecular weight excluding hydrogens is 498 g/mol. The standard InChI is InChI=1S/C26H26BrN3O2S/c1-3-29(4-2)16-17-30(26-28-22-15-14-19(27)18-24(22)33-26)25(31)21-12-8-9-13-23(21)32-20-10-6-5-7-11-20/h5-15,18H,3-4,16-17H2,1-2H3. The average Bonchev–Trinajstić information content (AvgIpc) is 3.25. The number of carbonyl (C=O) groups excluding carboxylic acids is 1. The van der Waals surface area contributed by atoms with E-state index < -0.39 is 0 Å². The summed E-state index contributed by atoms with van der Waals surface area (Å²) < 4.78 is 8.11. The zero-order valence-corrected chi connectivity index (χ0v) is 21.1. The first kappa shape index (κ1) is 23.4. The fourth-order valence-electron chi connectivity index (χ4n) is 3.56. The van der Waals surface area contributed by atoms with E-state index in [0.717, 1.165) is 34.3 Å². The SMILES string of the molecule is CCN(CC)CCN(C(=O)c1ccccc1Oc1ccccc1)c1nc2ccc(Br)cc2s1. The molecule has 0 aliphatic heterocycles. The van der Waals surface area contributed by atoms with E-state index in [2.05, 4.69) is 34.7 Å². The number of nitrogens with zero attached hydrogens (tertiary/aromatic N) is 3. The quantitative estimate of drug-likeness (QED) is 0.241. The van der Waals surface area contributed by atoms with Crippen molar-refractivity contribution < 1.29 is 9.53 Å². The molecule has 5 nitrogen and oxygen atoms in total. The normalized spacial score (nSPS) is 11.2. The van der Waals surface area contributed by atoms with Crippen molar-refractivity contribution in [2.24, 2.45) is 0 Å². The van der Waals surface area contributed by atoms with Gasteiger partial charge in [-0.25, -0.2) is 4.98 Å². The number of halogens is 1. The molecule has 0 N–H and O–H groups in total. The molecule has 1 amide bonds. The molecule has 1 heterocycles. The van der Waals surface area contributed by atoms with E-state index in [4.69, 9.17) is 9.72 Å². The van der Waals surface area contributed by atoms with Crippen LogP contribution in [-0.4, -0.2) is 42.0 Å². The Balaban J connectivity index is 1.70. The maximum absolute atomic E-state index is 13.9. The van der Waals surface area contributed by atoms with Crippen LogP contribution in [0.2, 0.25) is 0 Å². The Morgan fingerprint density at radius 2 is 1.70 bits per heavy atom. The zero-order valence-electron chi connectivity index (χ0n) is 18.7. The van der Waals surface area contributed by atoms with Crippen LogP contribution in [0.3, 0.4) is 0 Å². The molecule has 0 saturated heterocycles. The van der Waals surface area contributed by atoms with Crippen molar-refractivity contribution in [3.05, 3.63) is 82.8 Å². The van der Waals surface area contributed by atoms with Crippen LogP contribution < -0.4 is 9.64 Å². The number of fused-ring (bicyclic) bond motifs is 1. The molecular formula is C26H26BrN3O2S. The summed E-state index contributed by atoms with van der Waals surface area (Å²) >= 11 is 5.05. The zero-order chi connectivity index (χ0) is 23.2. The van der Waals surface area contributed by atoms with E-state index in [1.807, 2.05) is 72.8 Å². The lowest BCUT2D eigenvalue weighted by Gasteiger charge is -2.25. The Morgan fingerprint density at radius 1 is 0.970 bits per heavy atom. The third-order valence-corrected chi connectivity index (χ3v) is 6.97. The number of hydrogen-bond acceptors (Lipinski definition) is 5. The molecule has 170 valence electrons. The number of benzene rings is 3. The highest BCUT2D eigenvalue weighted by atomic mass is 79.9. The third kappa shape index (κ3) is 5.61. The van der Waals surface area contributed by atoms with Gasteiger partial charge < -0.3 is 9.64 Å². The van der Waals surface area contributed by atoms with Crippen molar-refractivity contribution in [1.82, 2.24) is 9.88 Å². The highest BCUT2D eigenvalue weighted by Crippen LogP contribution is 2.33. The van der Waals surface area contributed by atoms with Gasteiger partial charge >= 0.3 is 0 Å². The van der Waals surface area contributed by atoms with Gasteiger partial charge in [0.15, 0.2) is 5.13 Å². The van der Waals surface area contributed by atoms with Crippen LogP contribution in [0.4, 0.5) is 5.13 Å². The maximum atomic E-state index is 13.9. The van der Waals surface area contributed by atoms with Gasteiger partial charge in [-0.15, -0.1) is 0 Å². The summed E-state index contributed by atoms with van der Waals surface area (Å²) in [5, 5.41) is 0.690. The number of anilines is 1. The van der Waals surface area contributed by atoms with Gasteiger partial charge in [-0.2, -0.15) is 0 Å². The van der Waals surface area contributed by atoms with Gasteiger partial charge in [0.05, 0.1) is 15.8 Å². The number of hydrogen-bond donors (Lipinski definition) is 0. The largest absolute Gasteiger partial charge is 0.457 e. The van der Waals surface area contributed by atoms with Gasteiger partial charge in [-0.1, -0.05) is 71.4 Å². The second-order valence-corrected chi connectivity index (χ2v) is 9.43. The van der Waals surface area contributed by atoms with Crippen molar-refractivity contribution in [2.45, 2.75) is 13.8 Å². The summed E-state index contributed by atoms with van der Waals surface area (Å²) in [5.74, 6) is 1.11. The van der Waals surface area contributed by atoms with Crippen molar-refractivity contribution in [3.8, 4) is 11.5 Å². The Kier molecular flexibility index (Phi) is 7.75. The second kappa shape index (κ2) is 10.9. The lowest BCUT2D eigenvalue weighted by atomic mass is 10.1. The van der Waals surface area contributed by atoms with Crippen LogP contribution in [0.15, 0.2) is 77.3 Å². The molecule has 4 rings (SSSR count). The van der Waals surface area contributed by atoms with E-state index >= 15 is 0 Å².